The number of rotatable bonds is 5. The van der Waals surface area contributed by atoms with E-state index >= 15 is 0 Å². The van der Waals surface area contributed by atoms with Gasteiger partial charge in [-0.15, -0.1) is 0 Å². The lowest BCUT2D eigenvalue weighted by Gasteiger charge is -2.11. The van der Waals surface area contributed by atoms with E-state index in [9.17, 15) is 4.21 Å². The number of hydrogen-bond acceptors (Lipinski definition) is 3. The molecular formula is C11H19N3OS. The van der Waals surface area contributed by atoms with Crippen molar-refractivity contribution in [3.63, 3.8) is 0 Å². The van der Waals surface area contributed by atoms with Crippen molar-refractivity contribution in [3.05, 3.63) is 24.3 Å². The van der Waals surface area contributed by atoms with Crippen molar-refractivity contribution >= 4 is 15.6 Å². The molecule has 0 aliphatic carbocycles. The normalized spacial score (nSPS) is 14.4. The first kappa shape index (κ1) is 13.0. The van der Waals surface area contributed by atoms with Crippen molar-refractivity contribution in [2.24, 2.45) is 4.36 Å². The average Bonchev–Trinajstić information content (AvgIpc) is 2.29. The van der Waals surface area contributed by atoms with Crippen molar-refractivity contribution in [1.82, 2.24) is 4.72 Å². The molecule has 1 atom stereocenters. The number of nitrogens with two attached hydrogens (primary N) is 1. The fraction of sp³-hybridized carbons (Fsp3) is 0.455. The standard InChI is InChI=1S/C11H19N3OS/c1-3-4-8-14-16(15,13-2)11-7-5-6-10(12)9-11/h5-7,9H,3-4,8,12H2,1-2H3,(H,13,14,15). The molecule has 0 aliphatic heterocycles. The van der Waals surface area contributed by atoms with E-state index in [1.54, 1.807) is 31.3 Å². The van der Waals surface area contributed by atoms with Gasteiger partial charge in [0.15, 0.2) is 0 Å². The summed E-state index contributed by atoms with van der Waals surface area (Å²) in [6, 6.07) is 7.04. The van der Waals surface area contributed by atoms with Crippen LogP contribution in [0.1, 0.15) is 19.8 Å². The summed E-state index contributed by atoms with van der Waals surface area (Å²) in [4.78, 5) is 0.645. The molecule has 90 valence electrons. The second-order valence-electron chi connectivity index (χ2n) is 3.53. The topological polar surface area (TPSA) is 67.5 Å². The van der Waals surface area contributed by atoms with Crippen LogP contribution in [-0.4, -0.2) is 17.8 Å². The maximum absolute atomic E-state index is 12.4. The lowest BCUT2D eigenvalue weighted by Crippen LogP contribution is -2.24. The highest BCUT2D eigenvalue weighted by molar-refractivity contribution is 7.91. The van der Waals surface area contributed by atoms with Gasteiger partial charge in [0.05, 0.1) is 4.90 Å². The average molecular weight is 241 g/mol. The van der Waals surface area contributed by atoms with E-state index in [0.717, 1.165) is 12.8 Å². The van der Waals surface area contributed by atoms with Gasteiger partial charge in [0.2, 0.25) is 0 Å². The van der Waals surface area contributed by atoms with E-state index in [-0.39, 0.29) is 0 Å². The van der Waals surface area contributed by atoms with Crippen molar-refractivity contribution in [2.75, 3.05) is 19.3 Å². The Hall–Kier alpha value is -1.07. The van der Waals surface area contributed by atoms with E-state index in [0.29, 0.717) is 17.1 Å². The lowest BCUT2D eigenvalue weighted by atomic mass is 10.3. The first-order valence-corrected chi connectivity index (χ1v) is 6.89. The molecule has 0 amide bonds. The molecular weight excluding hydrogens is 222 g/mol. The summed E-state index contributed by atoms with van der Waals surface area (Å²) in [5.41, 5.74) is 6.27. The van der Waals surface area contributed by atoms with Gasteiger partial charge < -0.3 is 5.73 Å². The third-order valence-electron chi connectivity index (χ3n) is 2.26. The molecule has 0 saturated carbocycles. The Morgan fingerprint density at radius 2 is 2.25 bits per heavy atom. The van der Waals surface area contributed by atoms with Crippen LogP contribution in [0.2, 0.25) is 0 Å². The van der Waals surface area contributed by atoms with Crippen LogP contribution in [0.25, 0.3) is 0 Å². The van der Waals surface area contributed by atoms with Gasteiger partial charge >= 0.3 is 0 Å². The lowest BCUT2D eigenvalue weighted by molar-refractivity contribution is 0.657. The van der Waals surface area contributed by atoms with E-state index in [2.05, 4.69) is 16.0 Å². The number of nitrogen functional groups attached to an aromatic ring is 1. The molecule has 1 aromatic carbocycles. The Morgan fingerprint density at radius 3 is 2.81 bits per heavy atom. The number of hydrogen-bond donors (Lipinski definition) is 2. The van der Waals surface area contributed by atoms with Gasteiger partial charge in [-0.25, -0.2) is 13.3 Å². The third-order valence-corrected chi connectivity index (χ3v) is 4.27. The molecule has 0 aromatic heterocycles. The molecule has 1 rings (SSSR count). The first-order valence-electron chi connectivity index (χ1n) is 5.38. The Bertz CT molecular complexity index is 450. The predicted octanol–water partition coefficient (Wildman–Crippen LogP) is 2.03. The molecule has 5 heteroatoms. The molecule has 0 fully saturated rings. The van der Waals surface area contributed by atoms with Gasteiger partial charge in [-0.3, -0.25) is 0 Å². The zero-order valence-electron chi connectivity index (χ0n) is 9.77. The van der Waals surface area contributed by atoms with Gasteiger partial charge in [-0.1, -0.05) is 19.4 Å². The van der Waals surface area contributed by atoms with Crippen molar-refractivity contribution in [2.45, 2.75) is 24.7 Å². The van der Waals surface area contributed by atoms with Crippen LogP contribution in [0.15, 0.2) is 33.5 Å². The monoisotopic (exact) mass is 241 g/mol. The summed E-state index contributed by atoms with van der Waals surface area (Å²) in [5, 5.41) is 0. The van der Waals surface area contributed by atoms with Crippen LogP contribution in [-0.2, 0) is 9.92 Å². The first-order chi connectivity index (χ1) is 7.62. The molecule has 16 heavy (non-hydrogen) atoms. The summed E-state index contributed by atoms with van der Waals surface area (Å²) in [7, 11) is -0.945. The number of nitrogens with zero attached hydrogens (tertiary/aromatic N) is 1. The second kappa shape index (κ2) is 5.86. The Balaban J connectivity index is 2.93. The van der Waals surface area contributed by atoms with Crippen LogP contribution in [0.3, 0.4) is 0 Å². The number of anilines is 1. The van der Waals surface area contributed by atoms with E-state index < -0.39 is 9.92 Å². The Kier molecular flexibility index (Phi) is 4.76. The van der Waals surface area contributed by atoms with Crippen LogP contribution in [0.4, 0.5) is 5.69 Å². The highest BCUT2D eigenvalue weighted by atomic mass is 32.2. The maximum atomic E-state index is 12.4. The number of nitrogens with one attached hydrogen (secondary N) is 1. The summed E-state index contributed by atoms with van der Waals surface area (Å²) in [5.74, 6) is 0. The molecule has 0 spiro atoms. The molecule has 4 nitrogen and oxygen atoms in total. The van der Waals surface area contributed by atoms with Crippen LogP contribution in [0.5, 0.6) is 0 Å². The zero-order valence-corrected chi connectivity index (χ0v) is 10.6. The van der Waals surface area contributed by atoms with Crippen molar-refractivity contribution in [3.8, 4) is 0 Å². The third kappa shape index (κ3) is 3.21. The molecule has 0 saturated heterocycles. The molecule has 1 unspecified atom stereocenters. The van der Waals surface area contributed by atoms with Gasteiger partial charge in [0, 0.05) is 19.3 Å². The summed E-state index contributed by atoms with van der Waals surface area (Å²) < 4.78 is 19.4. The van der Waals surface area contributed by atoms with Gasteiger partial charge in [0.1, 0.15) is 9.92 Å². The van der Waals surface area contributed by atoms with Crippen LogP contribution < -0.4 is 10.5 Å². The van der Waals surface area contributed by atoms with Crippen LogP contribution >= 0.6 is 0 Å². The minimum Gasteiger partial charge on any atom is -0.399 e. The summed E-state index contributed by atoms with van der Waals surface area (Å²) in [6.45, 7) is 2.79. The largest absolute Gasteiger partial charge is 0.399 e. The van der Waals surface area contributed by atoms with Gasteiger partial charge in [-0.05, 0) is 24.6 Å². The predicted molar refractivity (Wildman–Crippen MR) is 68.5 cm³/mol. The Morgan fingerprint density at radius 1 is 1.50 bits per heavy atom. The van der Waals surface area contributed by atoms with Gasteiger partial charge in [-0.2, -0.15) is 0 Å². The second-order valence-corrected chi connectivity index (χ2v) is 5.71. The van der Waals surface area contributed by atoms with Crippen molar-refractivity contribution < 1.29 is 4.21 Å². The number of unbranched alkanes of at least 4 members (excludes halogenated alkanes) is 1. The van der Waals surface area contributed by atoms with E-state index in [4.69, 9.17) is 5.73 Å². The molecule has 0 radical (unpaired) electrons. The fourth-order valence-electron chi connectivity index (χ4n) is 1.33. The number of benzene rings is 1. The van der Waals surface area contributed by atoms with Crippen LogP contribution in [0, 0.1) is 0 Å². The summed E-state index contributed by atoms with van der Waals surface area (Å²) >= 11 is 0. The smallest absolute Gasteiger partial charge is 0.137 e. The molecule has 0 bridgehead atoms. The van der Waals surface area contributed by atoms with E-state index in [1.807, 2.05) is 0 Å². The highest BCUT2D eigenvalue weighted by Gasteiger charge is 2.10. The molecule has 0 heterocycles. The zero-order chi connectivity index (χ0) is 12.0. The maximum Gasteiger partial charge on any atom is 0.137 e. The molecule has 1 aromatic rings. The summed E-state index contributed by atoms with van der Waals surface area (Å²) in [6.07, 6.45) is 2.04. The van der Waals surface area contributed by atoms with Gasteiger partial charge in [0.25, 0.3) is 0 Å². The SMILES string of the molecule is CCCCNS(=O)(=NC)c1cccc(N)c1. The highest BCUT2D eigenvalue weighted by Crippen LogP contribution is 2.14. The quantitative estimate of drug-likeness (QED) is 0.612. The Labute approximate surface area is 97.6 Å². The van der Waals surface area contributed by atoms with E-state index in [1.165, 1.54) is 0 Å². The minimum atomic E-state index is -2.51. The fourth-order valence-corrected chi connectivity index (χ4v) is 2.81. The molecule has 0 aliphatic rings. The van der Waals surface area contributed by atoms with Crippen molar-refractivity contribution in [1.29, 1.82) is 0 Å². The minimum absolute atomic E-state index is 0.603. The molecule has 3 N–H and O–H groups in total.